The maximum atomic E-state index is 11.0. The minimum atomic E-state index is -0.416. The number of benzene rings is 3. The van der Waals surface area contributed by atoms with Gasteiger partial charge in [0.1, 0.15) is 5.75 Å². The van der Waals surface area contributed by atoms with Gasteiger partial charge in [-0.25, -0.2) is 0 Å². The standard InChI is InChI=1S/C27H30BrN3O2/c1-33-23-9-6-20(7-10-23)17-29-12-14-30(15-13-29)18-22(32)19-31-26-5-3-2-4-24(26)25-16-21(28)8-11-27(25)31/h2-11,16,22,32H,12-15,17-19H2,1H3. The number of aliphatic hydroxyl groups excluding tert-OH is 1. The van der Waals surface area contributed by atoms with Gasteiger partial charge >= 0.3 is 0 Å². The summed E-state index contributed by atoms with van der Waals surface area (Å²) in [5.41, 5.74) is 3.65. The predicted molar refractivity (Wildman–Crippen MR) is 138 cm³/mol. The van der Waals surface area contributed by atoms with Crippen LogP contribution in [-0.4, -0.2) is 65.4 Å². The molecule has 1 unspecified atom stereocenters. The highest BCUT2D eigenvalue weighted by molar-refractivity contribution is 9.10. The lowest BCUT2D eigenvalue weighted by molar-refractivity contribution is 0.0634. The summed E-state index contributed by atoms with van der Waals surface area (Å²) >= 11 is 3.60. The molecule has 6 heteroatoms. The zero-order chi connectivity index (χ0) is 22.8. The van der Waals surface area contributed by atoms with E-state index in [1.807, 2.05) is 12.1 Å². The fraction of sp³-hybridized carbons (Fsp3) is 0.333. The average Bonchev–Trinajstić information content (AvgIpc) is 3.13. The molecule has 0 radical (unpaired) electrons. The van der Waals surface area contributed by atoms with Crippen LogP contribution in [0.4, 0.5) is 0 Å². The third-order valence-corrected chi connectivity index (χ3v) is 7.12. The van der Waals surface area contributed by atoms with Crippen molar-refractivity contribution in [2.24, 2.45) is 0 Å². The molecule has 0 amide bonds. The van der Waals surface area contributed by atoms with E-state index in [1.165, 1.54) is 27.4 Å². The van der Waals surface area contributed by atoms with Crippen LogP contribution in [0.25, 0.3) is 21.8 Å². The molecule has 1 atom stereocenters. The van der Waals surface area contributed by atoms with Gasteiger partial charge in [-0.3, -0.25) is 9.80 Å². The van der Waals surface area contributed by atoms with Gasteiger partial charge in [-0.2, -0.15) is 0 Å². The van der Waals surface area contributed by atoms with Crippen LogP contribution in [0.1, 0.15) is 5.56 Å². The van der Waals surface area contributed by atoms with Gasteiger partial charge in [0.25, 0.3) is 0 Å². The van der Waals surface area contributed by atoms with Crippen LogP contribution < -0.4 is 4.74 Å². The molecule has 1 aliphatic heterocycles. The van der Waals surface area contributed by atoms with E-state index >= 15 is 0 Å². The molecule has 1 saturated heterocycles. The first-order chi connectivity index (χ1) is 16.1. The second kappa shape index (κ2) is 9.85. The summed E-state index contributed by atoms with van der Waals surface area (Å²) in [5.74, 6) is 0.897. The van der Waals surface area contributed by atoms with E-state index in [2.05, 4.69) is 84.9 Å². The molecular weight excluding hydrogens is 478 g/mol. The van der Waals surface area contributed by atoms with E-state index < -0.39 is 6.10 Å². The summed E-state index contributed by atoms with van der Waals surface area (Å²) in [4.78, 5) is 4.87. The Morgan fingerprint density at radius 1 is 0.848 bits per heavy atom. The normalized spacial score (nSPS) is 16.5. The predicted octanol–water partition coefficient (Wildman–Crippen LogP) is 4.74. The third kappa shape index (κ3) is 4.94. The Balaban J connectivity index is 1.20. The zero-order valence-corrected chi connectivity index (χ0v) is 20.5. The van der Waals surface area contributed by atoms with Crippen LogP contribution in [0.5, 0.6) is 5.75 Å². The molecular formula is C27H30BrN3O2. The highest BCUT2D eigenvalue weighted by Gasteiger charge is 2.21. The quantitative estimate of drug-likeness (QED) is 0.392. The molecule has 4 aromatic rings. The number of para-hydroxylation sites is 1. The summed E-state index contributed by atoms with van der Waals surface area (Å²) in [7, 11) is 1.70. The lowest BCUT2D eigenvalue weighted by Crippen LogP contribution is -2.48. The van der Waals surface area contributed by atoms with E-state index in [1.54, 1.807) is 7.11 Å². The Kier molecular flexibility index (Phi) is 6.69. The Bertz CT molecular complexity index is 1230. The minimum Gasteiger partial charge on any atom is -0.497 e. The average molecular weight is 508 g/mol. The highest BCUT2D eigenvalue weighted by atomic mass is 79.9. The SMILES string of the molecule is COc1ccc(CN2CCN(CC(O)Cn3c4ccccc4c4cc(Br)ccc43)CC2)cc1. The number of β-amino-alcohol motifs (C(OH)–C–C–N with tert-alkyl or cyclic N) is 1. The fourth-order valence-corrected chi connectivity index (χ4v) is 5.27. The Labute approximate surface area is 203 Å². The lowest BCUT2D eigenvalue weighted by Gasteiger charge is -2.35. The smallest absolute Gasteiger partial charge is 0.118 e. The van der Waals surface area contributed by atoms with E-state index in [0.29, 0.717) is 13.1 Å². The van der Waals surface area contributed by atoms with Crippen molar-refractivity contribution >= 4 is 37.7 Å². The first kappa shape index (κ1) is 22.4. The van der Waals surface area contributed by atoms with Crippen molar-refractivity contribution in [1.82, 2.24) is 14.4 Å². The van der Waals surface area contributed by atoms with Gasteiger partial charge in [-0.1, -0.05) is 46.3 Å². The number of fused-ring (bicyclic) bond motifs is 3. The largest absolute Gasteiger partial charge is 0.497 e. The number of aromatic nitrogens is 1. The molecule has 0 aliphatic carbocycles. The number of halogens is 1. The summed E-state index contributed by atoms with van der Waals surface area (Å²) in [5, 5.41) is 13.5. The van der Waals surface area contributed by atoms with Crippen molar-refractivity contribution in [2.75, 3.05) is 39.8 Å². The van der Waals surface area contributed by atoms with Crippen LogP contribution in [0.15, 0.2) is 71.2 Å². The van der Waals surface area contributed by atoms with Crippen molar-refractivity contribution in [2.45, 2.75) is 19.2 Å². The first-order valence-electron chi connectivity index (χ1n) is 11.5. The van der Waals surface area contributed by atoms with Gasteiger partial charge in [0.2, 0.25) is 0 Å². The van der Waals surface area contributed by atoms with E-state index in [0.717, 1.165) is 42.9 Å². The molecule has 1 N–H and O–H groups in total. The van der Waals surface area contributed by atoms with Crippen LogP contribution >= 0.6 is 15.9 Å². The highest BCUT2D eigenvalue weighted by Crippen LogP contribution is 2.31. The maximum Gasteiger partial charge on any atom is 0.118 e. The number of aliphatic hydroxyl groups is 1. The number of hydrogen-bond acceptors (Lipinski definition) is 4. The van der Waals surface area contributed by atoms with Crippen molar-refractivity contribution in [3.8, 4) is 5.75 Å². The molecule has 1 aromatic heterocycles. The number of rotatable bonds is 7. The molecule has 1 fully saturated rings. The van der Waals surface area contributed by atoms with E-state index in [-0.39, 0.29) is 0 Å². The number of methoxy groups -OCH3 is 1. The summed E-state index contributed by atoms with van der Waals surface area (Å²) in [6.45, 7) is 6.24. The second-order valence-electron chi connectivity index (χ2n) is 8.87. The number of piperazine rings is 1. The van der Waals surface area contributed by atoms with Crippen molar-refractivity contribution in [3.63, 3.8) is 0 Å². The van der Waals surface area contributed by atoms with Gasteiger partial charge in [-0.05, 0) is 42.0 Å². The fourth-order valence-electron chi connectivity index (χ4n) is 4.91. The maximum absolute atomic E-state index is 11.0. The Morgan fingerprint density at radius 2 is 1.55 bits per heavy atom. The number of hydrogen-bond donors (Lipinski definition) is 1. The third-order valence-electron chi connectivity index (χ3n) is 6.63. The molecule has 5 rings (SSSR count). The van der Waals surface area contributed by atoms with Crippen LogP contribution in [0.2, 0.25) is 0 Å². The molecule has 2 heterocycles. The summed E-state index contributed by atoms with van der Waals surface area (Å²) < 4.78 is 8.59. The van der Waals surface area contributed by atoms with E-state index in [9.17, 15) is 5.11 Å². The number of ether oxygens (including phenoxy) is 1. The summed E-state index contributed by atoms with van der Waals surface area (Å²) in [6, 6.07) is 23.2. The van der Waals surface area contributed by atoms with Crippen molar-refractivity contribution in [3.05, 3.63) is 76.8 Å². The molecule has 33 heavy (non-hydrogen) atoms. The minimum absolute atomic E-state index is 0.416. The van der Waals surface area contributed by atoms with Gasteiger partial charge < -0.3 is 14.4 Å². The molecule has 0 spiro atoms. The molecule has 3 aromatic carbocycles. The Hall–Kier alpha value is -2.38. The molecule has 5 nitrogen and oxygen atoms in total. The zero-order valence-electron chi connectivity index (χ0n) is 19.0. The van der Waals surface area contributed by atoms with Crippen molar-refractivity contribution in [1.29, 1.82) is 0 Å². The molecule has 1 aliphatic rings. The van der Waals surface area contributed by atoms with Crippen LogP contribution in [0.3, 0.4) is 0 Å². The topological polar surface area (TPSA) is 40.9 Å². The van der Waals surface area contributed by atoms with Gasteiger partial charge in [0.15, 0.2) is 0 Å². The monoisotopic (exact) mass is 507 g/mol. The summed E-state index contributed by atoms with van der Waals surface area (Å²) in [6.07, 6.45) is -0.416. The Morgan fingerprint density at radius 3 is 2.30 bits per heavy atom. The second-order valence-corrected chi connectivity index (χ2v) is 9.78. The van der Waals surface area contributed by atoms with Gasteiger partial charge in [-0.15, -0.1) is 0 Å². The first-order valence-corrected chi connectivity index (χ1v) is 12.3. The van der Waals surface area contributed by atoms with Crippen LogP contribution in [-0.2, 0) is 13.1 Å². The van der Waals surface area contributed by atoms with Gasteiger partial charge in [0.05, 0.1) is 19.8 Å². The molecule has 0 saturated carbocycles. The van der Waals surface area contributed by atoms with E-state index in [4.69, 9.17) is 4.74 Å². The lowest BCUT2D eigenvalue weighted by atomic mass is 10.2. The van der Waals surface area contributed by atoms with Gasteiger partial charge in [0, 0.05) is 65.5 Å². The van der Waals surface area contributed by atoms with Crippen molar-refractivity contribution < 1.29 is 9.84 Å². The van der Waals surface area contributed by atoms with Crippen LogP contribution in [0, 0.1) is 0 Å². The molecule has 0 bridgehead atoms. The molecule has 172 valence electrons. The number of nitrogens with zero attached hydrogens (tertiary/aromatic N) is 3.